The fraction of sp³-hybridized carbons (Fsp3) is 0.556. The van der Waals surface area contributed by atoms with Crippen LogP contribution in [0.2, 0.25) is 10.3 Å². The van der Waals surface area contributed by atoms with Crippen LogP contribution in [0, 0.1) is 0 Å². The smallest absolute Gasteiger partial charge is 0.224 e. The van der Waals surface area contributed by atoms with Gasteiger partial charge in [0.15, 0.2) is 0 Å². The van der Waals surface area contributed by atoms with E-state index in [-0.39, 0.29) is 5.28 Å². The molecule has 0 amide bonds. The second kappa shape index (κ2) is 4.51. The SMILES string of the molecule is COC1CC(Nc2nc(Cl)ncc2Cl)C1. The quantitative estimate of drug-likeness (QED) is 0.834. The number of rotatable bonds is 3. The standard InChI is InChI=1S/C9H11Cl2N3O/c1-15-6-2-5(3-6)13-8-7(10)4-12-9(11)14-8/h4-6H,2-3H2,1H3,(H,12,13,14). The first-order valence-corrected chi connectivity index (χ1v) is 5.42. The maximum Gasteiger partial charge on any atom is 0.224 e. The van der Waals surface area contributed by atoms with Crippen molar-refractivity contribution in [3.05, 3.63) is 16.5 Å². The zero-order valence-electron chi connectivity index (χ0n) is 8.20. The minimum Gasteiger partial charge on any atom is -0.381 e. The van der Waals surface area contributed by atoms with Crippen LogP contribution in [0.25, 0.3) is 0 Å². The van der Waals surface area contributed by atoms with Gasteiger partial charge in [0.2, 0.25) is 5.28 Å². The molecule has 4 nitrogen and oxygen atoms in total. The van der Waals surface area contributed by atoms with Gasteiger partial charge in [0, 0.05) is 13.2 Å². The van der Waals surface area contributed by atoms with E-state index in [0.717, 1.165) is 12.8 Å². The van der Waals surface area contributed by atoms with Gasteiger partial charge in [0.25, 0.3) is 0 Å². The molecule has 0 aliphatic heterocycles. The normalized spacial score (nSPS) is 24.7. The van der Waals surface area contributed by atoms with Gasteiger partial charge in [0.1, 0.15) is 10.8 Å². The Morgan fingerprint density at radius 3 is 2.87 bits per heavy atom. The number of nitrogens with one attached hydrogen (secondary N) is 1. The molecule has 15 heavy (non-hydrogen) atoms. The summed E-state index contributed by atoms with van der Waals surface area (Å²) in [6.07, 6.45) is 3.77. The van der Waals surface area contributed by atoms with Crippen molar-refractivity contribution in [2.24, 2.45) is 0 Å². The minimum atomic E-state index is 0.199. The maximum absolute atomic E-state index is 5.91. The molecule has 1 aromatic heterocycles. The molecule has 0 unspecified atom stereocenters. The Balaban J connectivity index is 1.97. The highest BCUT2D eigenvalue weighted by Crippen LogP contribution is 2.28. The van der Waals surface area contributed by atoms with E-state index in [2.05, 4.69) is 15.3 Å². The van der Waals surface area contributed by atoms with Crippen LogP contribution < -0.4 is 5.32 Å². The molecule has 1 N–H and O–H groups in total. The molecule has 6 heteroatoms. The van der Waals surface area contributed by atoms with E-state index in [1.165, 1.54) is 6.20 Å². The molecule has 1 aromatic rings. The molecule has 0 aromatic carbocycles. The van der Waals surface area contributed by atoms with Gasteiger partial charge in [-0.25, -0.2) is 4.98 Å². The third-order valence-corrected chi connectivity index (χ3v) is 2.94. The predicted molar refractivity (Wildman–Crippen MR) is 59.5 cm³/mol. The molecule has 0 spiro atoms. The average molecular weight is 248 g/mol. The van der Waals surface area contributed by atoms with Gasteiger partial charge in [0.05, 0.1) is 12.3 Å². The Hall–Kier alpha value is -0.580. The van der Waals surface area contributed by atoms with Gasteiger partial charge in [-0.2, -0.15) is 4.98 Å². The highest BCUT2D eigenvalue weighted by molar-refractivity contribution is 6.33. The van der Waals surface area contributed by atoms with E-state index in [9.17, 15) is 0 Å². The van der Waals surface area contributed by atoms with Crippen LogP contribution in [0.15, 0.2) is 6.20 Å². The summed E-state index contributed by atoms with van der Waals surface area (Å²) in [6, 6.07) is 0.360. The van der Waals surface area contributed by atoms with Crippen LogP contribution in [0.4, 0.5) is 5.82 Å². The fourth-order valence-electron chi connectivity index (χ4n) is 1.52. The Labute approximate surface area is 98.0 Å². The lowest BCUT2D eigenvalue weighted by Crippen LogP contribution is -2.40. The van der Waals surface area contributed by atoms with Crippen molar-refractivity contribution in [1.29, 1.82) is 0 Å². The third-order valence-electron chi connectivity index (χ3n) is 2.48. The molecule has 0 atom stereocenters. The van der Waals surface area contributed by atoms with E-state index in [1.54, 1.807) is 7.11 Å². The van der Waals surface area contributed by atoms with Gasteiger partial charge < -0.3 is 10.1 Å². The second-order valence-corrected chi connectivity index (χ2v) is 4.25. The van der Waals surface area contributed by atoms with E-state index in [4.69, 9.17) is 27.9 Å². The number of halogens is 2. The molecule has 0 bridgehead atoms. The predicted octanol–water partition coefficient (Wildman–Crippen LogP) is 2.37. The summed E-state index contributed by atoms with van der Waals surface area (Å²) in [7, 11) is 1.72. The maximum atomic E-state index is 5.91. The first kappa shape index (κ1) is 10.9. The number of hydrogen-bond donors (Lipinski definition) is 1. The topological polar surface area (TPSA) is 47.0 Å². The van der Waals surface area contributed by atoms with E-state index >= 15 is 0 Å². The van der Waals surface area contributed by atoms with Gasteiger partial charge in [-0.3, -0.25) is 0 Å². The van der Waals surface area contributed by atoms with Crippen molar-refractivity contribution in [3.63, 3.8) is 0 Å². The summed E-state index contributed by atoms with van der Waals surface area (Å²) in [6.45, 7) is 0. The summed E-state index contributed by atoms with van der Waals surface area (Å²) in [5, 5.41) is 3.89. The lowest BCUT2D eigenvalue weighted by molar-refractivity contribution is 0.0328. The molecule has 1 aliphatic rings. The van der Waals surface area contributed by atoms with E-state index < -0.39 is 0 Å². The van der Waals surface area contributed by atoms with Crippen LogP contribution in [-0.4, -0.2) is 29.2 Å². The van der Waals surface area contributed by atoms with Crippen molar-refractivity contribution in [2.75, 3.05) is 12.4 Å². The molecule has 1 heterocycles. The van der Waals surface area contributed by atoms with E-state index in [1.807, 2.05) is 0 Å². The van der Waals surface area contributed by atoms with Crippen LogP contribution in [0.5, 0.6) is 0 Å². The summed E-state index contributed by atoms with van der Waals surface area (Å²) in [4.78, 5) is 7.80. The largest absolute Gasteiger partial charge is 0.381 e. The minimum absolute atomic E-state index is 0.199. The molecular formula is C9H11Cl2N3O. The number of aromatic nitrogens is 2. The van der Waals surface area contributed by atoms with Crippen molar-refractivity contribution in [3.8, 4) is 0 Å². The van der Waals surface area contributed by atoms with Gasteiger partial charge in [-0.15, -0.1) is 0 Å². The Morgan fingerprint density at radius 2 is 2.20 bits per heavy atom. The molecule has 1 aliphatic carbocycles. The van der Waals surface area contributed by atoms with Crippen molar-refractivity contribution in [1.82, 2.24) is 9.97 Å². The van der Waals surface area contributed by atoms with Crippen molar-refractivity contribution in [2.45, 2.75) is 25.0 Å². The highest BCUT2D eigenvalue weighted by Gasteiger charge is 2.29. The van der Waals surface area contributed by atoms with Crippen LogP contribution in [0.1, 0.15) is 12.8 Å². The number of ether oxygens (including phenoxy) is 1. The first-order valence-electron chi connectivity index (χ1n) is 4.66. The lowest BCUT2D eigenvalue weighted by atomic mass is 9.89. The molecule has 0 radical (unpaired) electrons. The number of hydrogen-bond acceptors (Lipinski definition) is 4. The van der Waals surface area contributed by atoms with E-state index in [0.29, 0.717) is 23.0 Å². The van der Waals surface area contributed by atoms with Crippen LogP contribution in [0.3, 0.4) is 0 Å². The monoisotopic (exact) mass is 247 g/mol. The molecule has 0 saturated heterocycles. The average Bonchev–Trinajstić information content (AvgIpc) is 2.16. The lowest BCUT2D eigenvalue weighted by Gasteiger charge is -2.35. The highest BCUT2D eigenvalue weighted by atomic mass is 35.5. The summed E-state index contributed by atoms with van der Waals surface area (Å²) in [5.74, 6) is 0.594. The van der Waals surface area contributed by atoms with Crippen molar-refractivity contribution >= 4 is 29.0 Å². The number of nitrogens with zero attached hydrogens (tertiary/aromatic N) is 2. The fourth-order valence-corrected chi connectivity index (χ4v) is 1.80. The summed E-state index contributed by atoms with van der Waals surface area (Å²) >= 11 is 11.6. The molecule has 2 rings (SSSR count). The van der Waals surface area contributed by atoms with Crippen LogP contribution in [-0.2, 0) is 4.74 Å². The molecule has 1 saturated carbocycles. The Bertz CT molecular complexity index is 355. The molecule has 82 valence electrons. The zero-order chi connectivity index (χ0) is 10.8. The summed E-state index contributed by atoms with van der Waals surface area (Å²) < 4.78 is 5.18. The van der Waals surface area contributed by atoms with Gasteiger partial charge >= 0.3 is 0 Å². The molecular weight excluding hydrogens is 237 g/mol. The van der Waals surface area contributed by atoms with Crippen molar-refractivity contribution < 1.29 is 4.74 Å². The molecule has 1 fully saturated rings. The van der Waals surface area contributed by atoms with Gasteiger partial charge in [-0.05, 0) is 24.4 Å². The summed E-state index contributed by atoms with van der Waals surface area (Å²) in [5.41, 5.74) is 0. The number of anilines is 1. The van der Waals surface area contributed by atoms with Crippen LogP contribution >= 0.6 is 23.2 Å². The second-order valence-electron chi connectivity index (χ2n) is 3.51. The third kappa shape index (κ3) is 2.51. The Morgan fingerprint density at radius 1 is 1.47 bits per heavy atom. The van der Waals surface area contributed by atoms with Gasteiger partial charge in [-0.1, -0.05) is 11.6 Å². The Kier molecular flexibility index (Phi) is 3.29. The number of methoxy groups -OCH3 is 1. The first-order chi connectivity index (χ1) is 7.19. The zero-order valence-corrected chi connectivity index (χ0v) is 9.72.